The highest BCUT2D eigenvalue weighted by atomic mass is 16.2. The first kappa shape index (κ1) is 17.0. The van der Waals surface area contributed by atoms with E-state index in [0.717, 1.165) is 32.7 Å². The molecule has 0 aliphatic carbocycles. The zero-order valence-electron chi connectivity index (χ0n) is 14.3. The van der Waals surface area contributed by atoms with Gasteiger partial charge in [-0.1, -0.05) is 50.6 Å². The van der Waals surface area contributed by atoms with Gasteiger partial charge in [-0.3, -0.25) is 9.69 Å². The fraction of sp³-hybridized carbons (Fsp3) is 0.611. The summed E-state index contributed by atoms with van der Waals surface area (Å²) >= 11 is 0. The Bertz CT molecular complexity index is 513. The van der Waals surface area contributed by atoms with Crippen LogP contribution in [0.4, 0.5) is 0 Å². The van der Waals surface area contributed by atoms with E-state index in [1.807, 2.05) is 25.7 Å². The van der Waals surface area contributed by atoms with Crippen molar-refractivity contribution in [3.8, 4) is 0 Å². The summed E-state index contributed by atoms with van der Waals surface area (Å²) in [7, 11) is 0. The molecular formula is C18H29N3O. The Labute approximate surface area is 134 Å². The molecule has 1 fully saturated rings. The molecule has 0 saturated carbocycles. The lowest BCUT2D eigenvalue weighted by Crippen LogP contribution is -2.56. The first-order valence-electron chi connectivity index (χ1n) is 8.09. The molecule has 1 heterocycles. The molecule has 1 atom stereocenters. The van der Waals surface area contributed by atoms with Gasteiger partial charge >= 0.3 is 0 Å². The first-order valence-corrected chi connectivity index (χ1v) is 8.09. The Kier molecular flexibility index (Phi) is 5.24. The van der Waals surface area contributed by atoms with Crippen LogP contribution in [0.3, 0.4) is 0 Å². The average molecular weight is 303 g/mol. The molecule has 1 aromatic carbocycles. The number of carbonyl (C=O) groups excluding carboxylic acids is 1. The fourth-order valence-electron chi connectivity index (χ4n) is 2.76. The van der Waals surface area contributed by atoms with Crippen LogP contribution in [0.5, 0.6) is 0 Å². The van der Waals surface area contributed by atoms with E-state index < -0.39 is 6.04 Å². The summed E-state index contributed by atoms with van der Waals surface area (Å²) in [5, 5.41) is 0. The molecule has 1 saturated heterocycles. The molecule has 1 amide bonds. The van der Waals surface area contributed by atoms with Crippen molar-refractivity contribution in [1.29, 1.82) is 0 Å². The third kappa shape index (κ3) is 4.31. The molecule has 0 spiro atoms. The van der Waals surface area contributed by atoms with Crippen LogP contribution < -0.4 is 5.73 Å². The predicted octanol–water partition coefficient (Wildman–Crippen LogP) is 2.01. The molecule has 2 rings (SSSR count). The maximum absolute atomic E-state index is 12.4. The number of nitrogens with two attached hydrogens (primary N) is 1. The third-order valence-electron chi connectivity index (χ3n) is 4.37. The highest BCUT2D eigenvalue weighted by Crippen LogP contribution is 2.20. The van der Waals surface area contributed by atoms with Gasteiger partial charge < -0.3 is 10.6 Å². The number of benzene rings is 1. The number of hydrogen-bond donors (Lipinski definition) is 1. The number of nitrogens with zero attached hydrogens (tertiary/aromatic N) is 2. The lowest BCUT2D eigenvalue weighted by Gasteiger charge is -2.38. The minimum Gasteiger partial charge on any atom is -0.339 e. The van der Waals surface area contributed by atoms with Crippen molar-refractivity contribution in [2.75, 3.05) is 26.2 Å². The second kappa shape index (κ2) is 6.80. The number of rotatable bonds is 3. The quantitative estimate of drug-likeness (QED) is 0.929. The van der Waals surface area contributed by atoms with Gasteiger partial charge in [0.15, 0.2) is 0 Å². The van der Waals surface area contributed by atoms with Gasteiger partial charge in [-0.2, -0.15) is 0 Å². The molecule has 4 heteroatoms. The van der Waals surface area contributed by atoms with Crippen LogP contribution >= 0.6 is 0 Å². The van der Waals surface area contributed by atoms with Gasteiger partial charge in [-0.25, -0.2) is 0 Å². The lowest BCUT2D eigenvalue weighted by atomic mass is 9.86. The van der Waals surface area contributed by atoms with E-state index in [9.17, 15) is 4.79 Å². The van der Waals surface area contributed by atoms with Crippen LogP contribution in [-0.2, 0) is 11.3 Å². The van der Waals surface area contributed by atoms with Crippen LogP contribution in [-0.4, -0.2) is 47.9 Å². The van der Waals surface area contributed by atoms with Crippen molar-refractivity contribution in [3.63, 3.8) is 0 Å². The second-order valence-corrected chi connectivity index (χ2v) is 7.43. The maximum Gasteiger partial charge on any atom is 0.240 e. The van der Waals surface area contributed by atoms with E-state index in [0.29, 0.717) is 0 Å². The average Bonchev–Trinajstić information content (AvgIpc) is 2.45. The fourth-order valence-corrected chi connectivity index (χ4v) is 2.76. The first-order chi connectivity index (χ1) is 10.3. The molecule has 122 valence electrons. The predicted molar refractivity (Wildman–Crippen MR) is 90.5 cm³/mol. The van der Waals surface area contributed by atoms with E-state index in [2.05, 4.69) is 36.1 Å². The van der Waals surface area contributed by atoms with E-state index in [4.69, 9.17) is 5.73 Å². The Morgan fingerprint density at radius 1 is 1.23 bits per heavy atom. The molecule has 1 aliphatic rings. The van der Waals surface area contributed by atoms with Gasteiger partial charge in [0.25, 0.3) is 0 Å². The minimum absolute atomic E-state index is 0.0858. The molecule has 1 aromatic rings. The summed E-state index contributed by atoms with van der Waals surface area (Å²) in [4.78, 5) is 16.8. The summed E-state index contributed by atoms with van der Waals surface area (Å²) in [6.07, 6.45) is 0. The molecule has 22 heavy (non-hydrogen) atoms. The molecule has 1 aliphatic heterocycles. The highest BCUT2D eigenvalue weighted by Gasteiger charge is 2.32. The number of carbonyl (C=O) groups is 1. The monoisotopic (exact) mass is 303 g/mol. The minimum atomic E-state index is -0.421. The number of piperazine rings is 1. The molecule has 0 aromatic heterocycles. The summed E-state index contributed by atoms with van der Waals surface area (Å²) in [6.45, 7) is 12.5. The van der Waals surface area contributed by atoms with Crippen molar-refractivity contribution < 1.29 is 4.79 Å². The van der Waals surface area contributed by atoms with Gasteiger partial charge in [0.05, 0.1) is 6.04 Å². The smallest absolute Gasteiger partial charge is 0.240 e. The molecule has 4 nitrogen and oxygen atoms in total. The van der Waals surface area contributed by atoms with Crippen LogP contribution in [0, 0.1) is 12.3 Å². The normalized spacial score (nSPS) is 18.3. The summed E-state index contributed by atoms with van der Waals surface area (Å²) in [6, 6.07) is 8.20. The van der Waals surface area contributed by atoms with E-state index in [-0.39, 0.29) is 11.3 Å². The van der Waals surface area contributed by atoms with Crippen LogP contribution in [0.2, 0.25) is 0 Å². The van der Waals surface area contributed by atoms with E-state index >= 15 is 0 Å². The SMILES string of the molecule is Cc1cccc(CN2CCN(C(=O)[C@@H](N)C(C)(C)C)CC2)c1. The molecule has 0 bridgehead atoms. The van der Waals surface area contributed by atoms with Gasteiger partial charge in [0, 0.05) is 32.7 Å². The van der Waals surface area contributed by atoms with Gasteiger partial charge in [0.1, 0.15) is 0 Å². The van der Waals surface area contributed by atoms with Crippen LogP contribution in [0.25, 0.3) is 0 Å². The van der Waals surface area contributed by atoms with Gasteiger partial charge in [-0.05, 0) is 17.9 Å². The molecular weight excluding hydrogens is 274 g/mol. The number of hydrogen-bond acceptors (Lipinski definition) is 3. The zero-order chi connectivity index (χ0) is 16.3. The summed E-state index contributed by atoms with van der Waals surface area (Å²) < 4.78 is 0. The third-order valence-corrected chi connectivity index (χ3v) is 4.37. The summed E-state index contributed by atoms with van der Waals surface area (Å²) in [5.41, 5.74) is 8.54. The molecule has 0 radical (unpaired) electrons. The van der Waals surface area contributed by atoms with Gasteiger partial charge in [0.2, 0.25) is 5.91 Å². The Morgan fingerprint density at radius 3 is 2.41 bits per heavy atom. The zero-order valence-corrected chi connectivity index (χ0v) is 14.3. The second-order valence-electron chi connectivity index (χ2n) is 7.43. The number of aryl methyl sites for hydroxylation is 1. The van der Waals surface area contributed by atoms with Crippen molar-refractivity contribution in [1.82, 2.24) is 9.80 Å². The highest BCUT2D eigenvalue weighted by molar-refractivity contribution is 5.82. The largest absolute Gasteiger partial charge is 0.339 e. The topological polar surface area (TPSA) is 49.6 Å². The summed E-state index contributed by atoms with van der Waals surface area (Å²) in [5.74, 6) is 0.0858. The van der Waals surface area contributed by atoms with E-state index in [1.165, 1.54) is 11.1 Å². The number of amides is 1. The van der Waals surface area contributed by atoms with Crippen molar-refractivity contribution in [2.24, 2.45) is 11.1 Å². The Hall–Kier alpha value is -1.39. The van der Waals surface area contributed by atoms with Crippen LogP contribution in [0.15, 0.2) is 24.3 Å². The standard InChI is InChI=1S/C18H29N3O/c1-14-6-5-7-15(12-14)13-20-8-10-21(11-9-20)17(22)16(19)18(2,3)4/h5-7,12,16H,8-11,13,19H2,1-4H3/t16-/m1/s1. The lowest BCUT2D eigenvalue weighted by molar-refractivity contribution is -0.136. The van der Waals surface area contributed by atoms with Crippen molar-refractivity contribution in [3.05, 3.63) is 35.4 Å². The van der Waals surface area contributed by atoms with Crippen LogP contribution in [0.1, 0.15) is 31.9 Å². The van der Waals surface area contributed by atoms with Gasteiger partial charge in [-0.15, -0.1) is 0 Å². The Balaban J connectivity index is 1.87. The Morgan fingerprint density at radius 2 is 1.86 bits per heavy atom. The van der Waals surface area contributed by atoms with Crippen molar-refractivity contribution >= 4 is 5.91 Å². The van der Waals surface area contributed by atoms with Crippen molar-refractivity contribution in [2.45, 2.75) is 40.3 Å². The maximum atomic E-state index is 12.4. The molecule has 0 unspecified atom stereocenters. The van der Waals surface area contributed by atoms with E-state index in [1.54, 1.807) is 0 Å². The molecule has 2 N–H and O–H groups in total.